The lowest BCUT2D eigenvalue weighted by Gasteiger charge is -2.18. The van der Waals surface area contributed by atoms with E-state index >= 15 is 0 Å². The monoisotopic (exact) mass is 648 g/mol. The number of carbonyl (C=O) groups excluding carboxylic acids is 2. The highest BCUT2D eigenvalue weighted by molar-refractivity contribution is 7.92. The SMILES string of the molecule is CCC(C(=O)Nc1cc(O)c(NC(=O)c2c(C)nn(-c3ccc(Cl)c(Cl)c3)c2C)cc1Cl)S(=O)(=O)c1ccc(C)cc1. The lowest BCUT2D eigenvalue weighted by atomic mass is 10.1. The van der Waals surface area contributed by atoms with Gasteiger partial charge in [-0.25, -0.2) is 13.1 Å². The number of carbonyl (C=O) groups is 2. The molecule has 0 saturated heterocycles. The minimum Gasteiger partial charge on any atom is -0.506 e. The number of anilines is 2. The molecule has 1 aromatic heterocycles. The van der Waals surface area contributed by atoms with Gasteiger partial charge in [0.15, 0.2) is 9.84 Å². The largest absolute Gasteiger partial charge is 0.506 e. The molecule has 1 heterocycles. The van der Waals surface area contributed by atoms with Crippen molar-refractivity contribution in [1.82, 2.24) is 9.78 Å². The van der Waals surface area contributed by atoms with Crippen LogP contribution in [0.1, 0.15) is 40.7 Å². The smallest absolute Gasteiger partial charge is 0.259 e. The minimum absolute atomic E-state index is 0.00833. The van der Waals surface area contributed by atoms with Gasteiger partial charge in [0.1, 0.15) is 11.0 Å². The van der Waals surface area contributed by atoms with Crippen LogP contribution in [0.25, 0.3) is 5.69 Å². The lowest BCUT2D eigenvalue weighted by Crippen LogP contribution is -2.34. The Morgan fingerprint density at radius 2 is 1.57 bits per heavy atom. The van der Waals surface area contributed by atoms with E-state index < -0.39 is 32.7 Å². The number of hydrogen-bond donors (Lipinski definition) is 3. The number of nitrogens with one attached hydrogen (secondary N) is 2. The first-order valence-electron chi connectivity index (χ1n) is 12.7. The van der Waals surface area contributed by atoms with E-state index in [1.807, 2.05) is 6.92 Å². The van der Waals surface area contributed by atoms with E-state index in [0.29, 0.717) is 27.1 Å². The Bertz CT molecular complexity index is 1800. The fourth-order valence-electron chi connectivity index (χ4n) is 4.43. The number of amides is 2. The Labute approximate surface area is 258 Å². The van der Waals surface area contributed by atoms with Crippen LogP contribution in [0.2, 0.25) is 15.1 Å². The molecule has 0 spiro atoms. The van der Waals surface area contributed by atoms with Gasteiger partial charge in [-0.2, -0.15) is 5.10 Å². The molecule has 4 aromatic rings. The van der Waals surface area contributed by atoms with E-state index in [1.54, 1.807) is 55.8 Å². The number of nitrogens with zero attached hydrogens (tertiary/aromatic N) is 2. The molecule has 0 aliphatic rings. The normalized spacial score (nSPS) is 12.2. The first kappa shape index (κ1) is 31.4. The van der Waals surface area contributed by atoms with Gasteiger partial charge >= 0.3 is 0 Å². The highest BCUT2D eigenvalue weighted by atomic mass is 35.5. The number of hydrogen-bond acceptors (Lipinski definition) is 6. The van der Waals surface area contributed by atoms with E-state index in [2.05, 4.69) is 15.7 Å². The second-order valence-corrected chi connectivity index (χ2v) is 13.0. The molecule has 42 heavy (non-hydrogen) atoms. The van der Waals surface area contributed by atoms with E-state index in [0.717, 1.165) is 11.6 Å². The quantitative estimate of drug-likeness (QED) is 0.178. The molecular weight excluding hydrogens is 623 g/mol. The van der Waals surface area contributed by atoms with Gasteiger partial charge in [0.2, 0.25) is 5.91 Å². The average Bonchev–Trinajstić information content (AvgIpc) is 3.22. The predicted molar refractivity (Wildman–Crippen MR) is 165 cm³/mol. The zero-order valence-electron chi connectivity index (χ0n) is 23.0. The second-order valence-electron chi connectivity index (χ2n) is 9.60. The van der Waals surface area contributed by atoms with Gasteiger partial charge in [0.05, 0.1) is 54.0 Å². The van der Waals surface area contributed by atoms with Crippen molar-refractivity contribution in [2.45, 2.75) is 44.3 Å². The van der Waals surface area contributed by atoms with Crippen LogP contribution in [-0.4, -0.2) is 40.4 Å². The number of aromatic hydroxyl groups is 1. The summed E-state index contributed by atoms with van der Waals surface area (Å²) in [5.41, 5.74) is 2.64. The van der Waals surface area contributed by atoms with Crippen LogP contribution in [0.15, 0.2) is 59.5 Å². The molecule has 4 rings (SSSR count). The topological polar surface area (TPSA) is 130 Å². The number of halogens is 3. The number of phenolic OH excluding ortho intramolecular Hbond substituents is 1. The lowest BCUT2D eigenvalue weighted by molar-refractivity contribution is -0.115. The summed E-state index contributed by atoms with van der Waals surface area (Å²) in [6, 6.07) is 13.6. The van der Waals surface area contributed by atoms with Crippen molar-refractivity contribution in [2.24, 2.45) is 0 Å². The van der Waals surface area contributed by atoms with Crippen LogP contribution in [0.4, 0.5) is 11.4 Å². The van der Waals surface area contributed by atoms with E-state index in [-0.39, 0.29) is 33.3 Å². The summed E-state index contributed by atoms with van der Waals surface area (Å²) in [4.78, 5) is 26.3. The number of sulfone groups is 1. The van der Waals surface area contributed by atoms with Gasteiger partial charge in [-0.3, -0.25) is 9.59 Å². The zero-order chi connectivity index (χ0) is 30.9. The minimum atomic E-state index is -3.99. The summed E-state index contributed by atoms with van der Waals surface area (Å²) in [7, 11) is -3.99. The Hall–Kier alpha value is -3.57. The molecular formula is C29H27Cl3N4O5S. The predicted octanol–water partition coefficient (Wildman–Crippen LogP) is 6.91. The third kappa shape index (κ3) is 6.27. The fraction of sp³-hybridized carbons (Fsp3) is 0.207. The number of aryl methyl sites for hydroxylation is 2. The van der Waals surface area contributed by atoms with Crippen LogP contribution < -0.4 is 10.6 Å². The van der Waals surface area contributed by atoms with Gasteiger partial charge in [0.25, 0.3) is 5.91 Å². The molecule has 0 saturated carbocycles. The molecule has 1 unspecified atom stereocenters. The van der Waals surface area contributed by atoms with Gasteiger partial charge in [0, 0.05) is 6.07 Å². The summed E-state index contributed by atoms with van der Waals surface area (Å²) in [5.74, 6) is -1.77. The third-order valence-corrected chi connectivity index (χ3v) is 9.92. The Kier molecular flexibility index (Phi) is 9.22. The molecule has 0 bridgehead atoms. The molecule has 220 valence electrons. The van der Waals surface area contributed by atoms with E-state index in [1.165, 1.54) is 18.2 Å². The standard InChI is InChI=1S/C29H27Cl3N4O5S/c1-5-26(42(40,41)19-9-6-15(2)7-10-19)28(38)33-23-14-25(37)24(13-22(23)32)34-29(39)27-16(3)35-36(17(27)4)18-8-11-20(30)21(31)12-18/h6-14,26,37H,5H2,1-4H3,(H,33,38)(H,34,39). The molecule has 0 fully saturated rings. The van der Waals surface area contributed by atoms with Gasteiger partial charge in [-0.15, -0.1) is 0 Å². The zero-order valence-corrected chi connectivity index (χ0v) is 26.1. The number of rotatable bonds is 8. The van der Waals surface area contributed by atoms with Crippen LogP contribution >= 0.6 is 34.8 Å². The second kappa shape index (κ2) is 12.3. The van der Waals surface area contributed by atoms with Crippen molar-refractivity contribution in [1.29, 1.82) is 0 Å². The van der Waals surface area contributed by atoms with Crippen LogP contribution in [0.5, 0.6) is 5.75 Å². The van der Waals surface area contributed by atoms with Crippen molar-refractivity contribution >= 4 is 67.8 Å². The molecule has 0 aliphatic carbocycles. The summed E-state index contributed by atoms with van der Waals surface area (Å²) in [5, 5.41) is 19.5. The molecule has 1 atom stereocenters. The van der Waals surface area contributed by atoms with Crippen LogP contribution in [0.3, 0.4) is 0 Å². The molecule has 3 aromatic carbocycles. The number of aromatic nitrogens is 2. The number of benzene rings is 3. The van der Waals surface area contributed by atoms with Crippen LogP contribution in [-0.2, 0) is 14.6 Å². The maximum atomic E-state index is 13.2. The maximum Gasteiger partial charge on any atom is 0.259 e. The summed E-state index contributed by atoms with van der Waals surface area (Å²) in [6.07, 6.45) is 0.00833. The molecule has 9 nitrogen and oxygen atoms in total. The van der Waals surface area contributed by atoms with Crippen molar-refractivity contribution in [3.05, 3.63) is 92.2 Å². The van der Waals surface area contributed by atoms with Crippen LogP contribution in [0, 0.1) is 20.8 Å². The van der Waals surface area contributed by atoms with Crippen molar-refractivity contribution in [3.63, 3.8) is 0 Å². The molecule has 13 heteroatoms. The Morgan fingerprint density at radius 1 is 0.905 bits per heavy atom. The Balaban J connectivity index is 1.55. The highest BCUT2D eigenvalue weighted by Crippen LogP contribution is 2.35. The Morgan fingerprint density at radius 3 is 2.19 bits per heavy atom. The summed E-state index contributed by atoms with van der Waals surface area (Å²) in [6.45, 7) is 6.78. The van der Waals surface area contributed by atoms with Gasteiger partial charge < -0.3 is 15.7 Å². The number of phenols is 1. The molecule has 0 radical (unpaired) electrons. The van der Waals surface area contributed by atoms with Gasteiger partial charge in [-0.1, -0.05) is 59.4 Å². The fourth-order valence-corrected chi connectivity index (χ4v) is 6.56. The third-order valence-electron chi connectivity index (χ3n) is 6.64. The first-order chi connectivity index (χ1) is 19.7. The van der Waals surface area contributed by atoms with Crippen molar-refractivity contribution in [2.75, 3.05) is 10.6 Å². The molecule has 0 aliphatic heterocycles. The van der Waals surface area contributed by atoms with Crippen molar-refractivity contribution in [3.8, 4) is 11.4 Å². The highest BCUT2D eigenvalue weighted by Gasteiger charge is 2.33. The van der Waals surface area contributed by atoms with E-state index in [4.69, 9.17) is 34.8 Å². The molecule has 3 N–H and O–H groups in total. The first-order valence-corrected chi connectivity index (χ1v) is 15.4. The van der Waals surface area contributed by atoms with E-state index in [9.17, 15) is 23.1 Å². The summed E-state index contributed by atoms with van der Waals surface area (Å²) < 4.78 is 27.8. The maximum absolute atomic E-state index is 13.2. The molecule has 2 amide bonds. The summed E-state index contributed by atoms with van der Waals surface area (Å²) >= 11 is 18.5. The van der Waals surface area contributed by atoms with Gasteiger partial charge in [-0.05, 0) is 63.6 Å². The van der Waals surface area contributed by atoms with Crippen molar-refractivity contribution < 1.29 is 23.1 Å². The average molecular weight is 650 g/mol.